The second-order valence-corrected chi connectivity index (χ2v) is 9.79. The van der Waals surface area contributed by atoms with Crippen LogP contribution in [0.1, 0.15) is 65.5 Å². The van der Waals surface area contributed by atoms with Crippen LogP contribution in [0, 0.1) is 0 Å². The molecular formula is C25H26N2O6S. The fourth-order valence-electron chi connectivity index (χ4n) is 4.76. The molecule has 178 valence electrons. The third kappa shape index (κ3) is 3.83. The molecule has 1 fully saturated rings. The molecular weight excluding hydrogens is 456 g/mol. The van der Waals surface area contributed by atoms with E-state index in [-0.39, 0.29) is 17.6 Å². The molecule has 2 aliphatic rings. The van der Waals surface area contributed by atoms with Gasteiger partial charge in [-0.1, -0.05) is 0 Å². The topological polar surface area (TPSA) is 107 Å². The summed E-state index contributed by atoms with van der Waals surface area (Å²) in [4.78, 5) is 38.9. The monoisotopic (exact) mass is 482 g/mol. The van der Waals surface area contributed by atoms with Crippen molar-refractivity contribution >= 4 is 34.3 Å². The summed E-state index contributed by atoms with van der Waals surface area (Å²) in [5.41, 5.74) is 1.83. The molecule has 8 nitrogen and oxygen atoms in total. The number of methoxy groups -OCH3 is 1. The molecule has 2 aromatic heterocycles. The minimum Gasteiger partial charge on any atom is -0.494 e. The third-order valence-electron chi connectivity index (χ3n) is 6.47. The predicted molar refractivity (Wildman–Crippen MR) is 129 cm³/mol. The van der Waals surface area contributed by atoms with Gasteiger partial charge >= 0.3 is 12.1 Å². The summed E-state index contributed by atoms with van der Waals surface area (Å²) in [6, 6.07) is 5.66. The molecule has 5 rings (SSSR count). The molecule has 0 radical (unpaired) electrons. The van der Waals surface area contributed by atoms with E-state index in [1.165, 1.54) is 11.1 Å². The molecule has 0 bridgehead atoms. The van der Waals surface area contributed by atoms with E-state index in [1.54, 1.807) is 31.4 Å². The number of carboxylic acids is 1. The van der Waals surface area contributed by atoms with Crippen LogP contribution in [0.2, 0.25) is 0 Å². The van der Waals surface area contributed by atoms with Crippen molar-refractivity contribution in [2.75, 3.05) is 13.7 Å². The Labute approximate surface area is 200 Å². The van der Waals surface area contributed by atoms with Gasteiger partial charge in [0.05, 0.1) is 30.7 Å². The largest absolute Gasteiger partial charge is 0.494 e. The zero-order valence-electron chi connectivity index (χ0n) is 19.1. The molecule has 2 N–H and O–H groups in total. The van der Waals surface area contributed by atoms with E-state index in [1.807, 2.05) is 10.6 Å². The summed E-state index contributed by atoms with van der Waals surface area (Å²) in [6.07, 6.45) is 5.65. The number of alkyl carbamates (subject to hydrolysis) is 1. The molecule has 1 aromatic carbocycles. The molecule has 1 unspecified atom stereocenters. The average Bonchev–Trinajstić information content (AvgIpc) is 3.56. The maximum absolute atomic E-state index is 12.9. The SMILES string of the molecule is CCOC(=O)NC1CCCc2sc(-c3ccc4c(=O)c(C(=O)O)cn(C5CC5)c4c3OC)cc21. The van der Waals surface area contributed by atoms with Crippen LogP contribution in [-0.4, -0.2) is 35.5 Å². The fraction of sp³-hybridized carbons (Fsp3) is 0.400. The number of aryl methyl sites for hydroxylation is 1. The Bertz CT molecular complexity index is 1350. The highest BCUT2D eigenvalue weighted by atomic mass is 32.1. The zero-order chi connectivity index (χ0) is 24.0. The van der Waals surface area contributed by atoms with E-state index >= 15 is 0 Å². The van der Waals surface area contributed by atoms with Gasteiger partial charge in [-0.2, -0.15) is 0 Å². The Morgan fingerprint density at radius 2 is 2.06 bits per heavy atom. The highest BCUT2D eigenvalue weighted by molar-refractivity contribution is 7.15. The number of carbonyl (C=O) groups excluding carboxylic acids is 1. The van der Waals surface area contributed by atoms with Crippen molar-refractivity contribution in [3.05, 3.63) is 50.6 Å². The van der Waals surface area contributed by atoms with Crippen LogP contribution < -0.4 is 15.5 Å². The quantitative estimate of drug-likeness (QED) is 0.518. The number of ether oxygens (including phenoxy) is 2. The van der Waals surface area contributed by atoms with Gasteiger partial charge < -0.3 is 24.5 Å². The highest BCUT2D eigenvalue weighted by Gasteiger charge is 2.30. The molecule has 34 heavy (non-hydrogen) atoms. The Morgan fingerprint density at radius 3 is 2.74 bits per heavy atom. The minimum absolute atomic E-state index is 0.109. The summed E-state index contributed by atoms with van der Waals surface area (Å²) >= 11 is 1.66. The summed E-state index contributed by atoms with van der Waals surface area (Å²) in [5.74, 6) is -0.664. The molecule has 0 saturated heterocycles. The molecule has 1 amide bonds. The van der Waals surface area contributed by atoms with Gasteiger partial charge in [-0.25, -0.2) is 9.59 Å². The molecule has 1 atom stereocenters. The molecule has 0 aliphatic heterocycles. The number of hydrogen-bond donors (Lipinski definition) is 2. The van der Waals surface area contributed by atoms with Crippen LogP contribution in [0.3, 0.4) is 0 Å². The van der Waals surface area contributed by atoms with Crippen molar-refractivity contribution in [1.82, 2.24) is 9.88 Å². The number of benzene rings is 1. The van der Waals surface area contributed by atoms with Gasteiger partial charge in [0.1, 0.15) is 5.56 Å². The lowest BCUT2D eigenvalue weighted by Gasteiger charge is -2.23. The summed E-state index contributed by atoms with van der Waals surface area (Å²) in [7, 11) is 1.57. The van der Waals surface area contributed by atoms with E-state index in [9.17, 15) is 19.5 Å². The number of carbonyl (C=O) groups is 2. The number of rotatable bonds is 6. The van der Waals surface area contributed by atoms with Gasteiger partial charge in [-0.15, -0.1) is 11.3 Å². The first kappa shape index (κ1) is 22.5. The van der Waals surface area contributed by atoms with Gasteiger partial charge in [0.2, 0.25) is 5.43 Å². The van der Waals surface area contributed by atoms with Crippen molar-refractivity contribution in [2.24, 2.45) is 0 Å². The van der Waals surface area contributed by atoms with Crippen LogP contribution in [0.5, 0.6) is 5.75 Å². The first-order chi connectivity index (χ1) is 16.4. The van der Waals surface area contributed by atoms with E-state index < -0.39 is 17.5 Å². The molecule has 3 aromatic rings. The van der Waals surface area contributed by atoms with Crippen molar-refractivity contribution < 1.29 is 24.2 Å². The Morgan fingerprint density at radius 1 is 1.26 bits per heavy atom. The standard InChI is InChI=1S/C25H26N2O6S/c1-3-33-25(31)26-18-5-4-6-19-16(18)11-20(34-19)14-9-10-15-21(23(14)32-2)27(13-7-8-13)12-17(22(15)28)24(29)30/h9-13,18H,3-8H2,1-2H3,(H,26,31)(H,29,30). The number of aromatic carboxylic acids is 1. The van der Waals surface area contributed by atoms with Gasteiger partial charge in [0.25, 0.3) is 0 Å². The second-order valence-electron chi connectivity index (χ2n) is 8.66. The Balaban J connectivity index is 1.64. The van der Waals surface area contributed by atoms with Crippen molar-refractivity contribution in [3.63, 3.8) is 0 Å². The van der Waals surface area contributed by atoms with Crippen LogP contribution in [0.25, 0.3) is 21.3 Å². The van der Waals surface area contributed by atoms with Gasteiger partial charge in [0, 0.05) is 27.6 Å². The number of carboxylic acid groups (broad SMARTS) is 1. The normalized spacial score (nSPS) is 17.3. The first-order valence-electron chi connectivity index (χ1n) is 11.5. The van der Waals surface area contributed by atoms with Crippen LogP contribution in [0.15, 0.2) is 29.2 Å². The van der Waals surface area contributed by atoms with Gasteiger partial charge in [-0.3, -0.25) is 4.79 Å². The van der Waals surface area contributed by atoms with Gasteiger partial charge in [-0.05, 0) is 62.8 Å². The number of nitrogens with one attached hydrogen (secondary N) is 1. The fourth-order valence-corrected chi connectivity index (χ4v) is 6.05. The summed E-state index contributed by atoms with van der Waals surface area (Å²) in [6.45, 7) is 2.10. The number of amides is 1. The number of pyridine rings is 1. The third-order valence-corrected chi connectivity index (χ3v) is 7.71. The average molecular weight is 483 g/mol. The molecule has 2 heterocycles. The lowest BCUT2D eigenvalue weighted by Crippen LogP contribution is -2.30. The number of nitrogens with zero attached hydrogens (tertiary/aromatic N) is 1. The van der Waals surface area contributed by atoms with E-state index in [0.717, 1.165) is 48.1 Å². The number of aromatic nitrogens is 1. The molecule has 9 heteroatoms. The first-order valence-corrected chi connectivity index (χ1v) is 12.3. The van der Waals surface area contributed by atoms with Crippen LogP contribution in [0.4, 0.5) is 4.79 Å². The van der Waals surface area contributed by atoms with E-state index in [0.29, 0.717) is 23.3 Å². The minimum atomic E-state index is -1.23. The Kier molecular flexibility index (Phi) is 5.81. The molecule has 0 spiro atoms. The number of fused-ring (bicyclic) bond motifs is 2. The molecule has 1 saturated carbocycles. The van der Waals surface area contributed by atoms with Crippen molar-refractivity contribution in [1.29, 1.82) is 0 Å². The maximum atomic E-state index is 12.9. The highest BCUT2D eigenvalue weighted by Crippen LogP contribution is 2.46. The lowest BCUT2D eigenvalue weighted by molar-refractivity contribution is 0.0694. The van der Waals surface area contributed by atoms with Crippen molar-refractivity contribution in [3.8, 4) is 16.2 Å². The van der Waals surface area contributed by atoms with Crippen LogP contribution in [-0.2, 0) is 11.2 Å². The summed E-state index contributed by atoms with van der Waals surface area (Å²) < 4.78 is 12.8. The Hall–Kier alpha value is -3.33. The number of thiophene rings is 1. The van der Waals surface area contributed by atoms with Crippen molar-refractivity contribution in [2.45, 2.75) is 51.1 Å². The second kappa shape index (κ2) is 8.79. The lowest BCUT2D eigenvalue weighted by atomic mass is 9.93. The van der Waals surface area contributed by atoms with E-state index in [2.05, 4.69) is 11.4 Å². The zero-order valence-corrected chi connectivity index (χ0v) is 19.9. The summed E-state index contributed by atoms with van der Waals surface area (Å²) in [5, 5.41) is 12.9. The van der Waals surface area contributed by atoms with Gasteiger partial charge in [0.15, 0.2) is 5.75 Å². The number of hydrogen-bond acceptors (Lipinski definition) is 6. The maximum Gasteiger partial charge on any atom is 0.407 e. The van der Waals surface area contributed by atoms with E-state index in [4.69, 9.17) is 9.47 Å². The van der Waals surface area contributed by atoms with Crippen LogP contribution >= 0.6 is 11.3 Å². The smallest absolute Gasteiger partial charge is 0.407 e. The predicted octanol–water partition coefficient (Wildman–Crippen LogP) is 4.90. The molecule has 2 aliphatic carbocycles.